The van der Waals surface area contributed by atoms with Gasteiger partial charge in [-0.05, 0) is 25.3 Å². The fourth-order valence-corrected chi connectivity index (χ4v) is 3.60. The third-order valence-electron chi connectivity index (χ3n) is 3.55. The summed E-state index contributed by atoms with van der Waals surface area (Å²) in [6.07, 6.45) is 2.59. The molecule has 0 aromatic carbocycles. The van der Waals surface area contributed by atoms with Crippen LogP contribution in [0.2, 0.25) is 0 Å². The maximum atomic E-state index is 3.62. The molecule has 17 heavy (non-hydrogen) atoms. The summed E-state index contributed by atoms with van der Waals surface area (Å²) in [6.45, 7) is 14.1. The average molecular weight is 258 g/mol. The van der Waals surface area contributed by atoms with Crippen molar-refractivity contribution in [3.63, 3.8) is 0 Å². The van der Waals surface area contributed by atoms with E-state index in [1.807, 2.05) is 0 Å². The number of hydrogen-bond donors (Lipinski definition) is 1. The fourth-order valence-electron chi connectivity index (χ4n) is 2.39. The van der Waals surface area contributed by atoms with Crippen LogP contribution in [0.5, 0.6) is 0 Å². The zero-order chi connectivity index (χ0) is 12.7. The van der Waals surface area contributed by atoms with E-state index in [0.717, 1.165) is 30.3 Å². The van der Waals surface area contributed by atoms with Crippen molar-refractivity contribution in [2.75, 3.05) is 31.9 Å². The molecular weight excluding hydrogens is 228 g/mol. The molecule has 0 saturated carbocycles. The van der Waals surface area contributed by atoms with Crippen molar-refractivity contribution >= 4 is 11.8 Å². The monoisotopic (exact) mass is 258 g/mol. The van der Waals surface area contributed by atoms with E-state index < -0.39 is 0 Å². The van der Waals surface area contributed by atoms with Crippen molar-refractivity contribution in [1.29, 1.82) is 0 Å². The van der Waals surface area contributed by atoms with E-state index in [4.69, 9.17) is 0 Å². The molecule has 0 aliphatic carbocycles. The minimum absolute atomic E-state index is 0.740. The first-order chi connectivity index (χ1) is 8.17. The Morgan fingerprint density at radius 2 is 2.06 bits per heavy atom. The van der Waals surface area contributed by atoms with Crippen molar-refractivity contribution in [2.24, 2.45) is 5.92 Å². The van der Waals surface area contributed by atoms with Crippen LogP contribution < -0.4 is 5.32 Å². The molecule has 0 aromatic rings. The van der Waals surface area contributed by atoms with Gasteiger partial charge in [0.15, 0.2) is 0 Å². The van der Waals surface area contributed by atoms with Gasteiger partial charge < -0.3 is 5.32 Å². The van der Waals surface area contributed by atoms with Crippen LogP contribution in [0, 0.1) is 5.92 Å². The summed E-state index contributed by atoms with van der Waals surface area (Å²) in [5.41, 5.74) is 0. The molecule has 2 unspecified atom stereocenters. The van der Waals surface area contributed by atoms with E-state index in [2.05, 4.69) is 49.7 Å². The quantitative estimate of drug-likeness (QED) is 0.756. The van der Waals surface area contributed by atoms with E-state index in [1.165, 1.54) is 31.7 Å². The summed E-state index contributed by atoms with van der Waals surface area (Å²) >= 11 is 2.16. The van der Waals surface area contributed by atoms with E-state index >= 15 is 0 Å². The molecule has 1 rings (SSSR count). The van der Waals surface area contributed by atoms with Gasteiger partial charge in [0.25, 0.3) is 0 Å². The first kappa shape index (κ1) is 15.3. The predicted octanol–water partition coefficient (Wildman–Crippen LogP) is 2.84. The molecule has 3 heteroatoms. The minimum Gasteiger partial charge on any atom is -0.315 e. The fraction of sp³-hybridized carbons (Fsp3) is 1.00. The molecule has 0 aromatic heterocycles. The van der Waals surface area contributed by atoms with Gasteiger partial charge in [0.1, 0.15) is 0 Å². The standard InChI is InChI=1S/C14H30N2S/c1-5-13(10-15-9-12(3)4)16-7-8-17-14(6-2)11-16/h12-15H,5-11H2,1-4H3. The smallest absolute Gasteiger partial charge is 0.0218 e. The topological polar surface area (TPSA) is 15.3 Å². The number of hydrogen-bond acceptors (Lipinski definition) is 3. The summed E-state index contributed by atoms with van der Waals surface area (Å²) in [4.78, 5) is 2.71. The van der Waals surface area contributed by atoms with E-state index in [9.17, 15) is 0 Å². The number of thioether (sulfide) groups is 1. The highest BCUT2D eigenvalue weighted by atomic mass is 32.2. The third-order valence-corrected chi connectivity index (χ3v) is 4.92. The number of nitrogens with one attached hydrogen (secondary N) is 1. The Hall–Kier alpha value is 0.270. The second-order valence-corrected chi connectivity index (χ2v) is 6.92. The molecular formula is C14H30N2S. The van der Waals surface area contributed by atoms with Gasteiger partial charge in [-0.15, -0.1) is 0 Å². The van der Waals surface area contributed by atoms with Crippen LogP contribution in [0.4, 0.5) is 0 Å². The van der Waals surface area contributed by atoms with E-state index in [-0.39, 0.29) is 0 Å². The molecule has 102 valence electrons. The molecule has 2 atom stereocenters. The molecule has 2 nitrogen and oxygen atoms in total. The van der Waals surface area contributed by atoms with Gasteiger partial charge in [-0.1, -0.05) is 27.7 Å². The van der Waals surface area contributed by atoms with Crippen molar-refractivity contribution in [1.82, 2.24) is 10.2 Å². The Labute approximate surface area is 112 Å². The van der Waals surface area contributed by atoms with Crippen LogP contribution in [-0.4, -0.2) is 48.1 Å². The molecule has 1 aliphatic rings. The number of nitrogens with zero attached hydrogens (tertiary/aromatic N) is 1. The van der Waals surface area contributed by atoms with Crippen LogP contribution in [0.25, 0.3) is 0 Å². The van der Waals surface area contributed by atoms with Crippen molar-refractivity contribution in [3.8, 4) is 0 Å². The molecule has 1 fully saturated rings. The highest BCUT2D eigenvalue weighted by molar-refractivity contribution is 8.00. The number of rotatable bonds is 7. The third kappa shape index (κ3) is 5.62. The second kappa shape index (κ2) is 8.39. The minimum atomic E-state index is 0.740. The van der Waals surface area contributed by atoms with Gasteiger partial charge >= 0.3 is 0 Å². The first-order valence-corrected chi connectivity index (χ1v) is 8.28. The van der Waals surface area contributed by atoms with Crippen LogP contribution in [0.15, 0.2) is 0 Å². The van der Waals surface area contributed by atoms with E-state index in [0.29, 0.717) is 0 Å². The highest BCUT2D eigenvalue weighted by Crippen LogP contribution is 2.23. The molecule has 1 saturated heterocycles. The maximum absolute atomic E-state index is 3.62. The molecule has 1 N–H and O–H groups in total. The maximum Gasteiger partial charge on any atom is 0.0218 e. The highest BCUT2D eigenvalue weighted by Gasteiger charge is 2.24. The second-order valence-electron chi connectivity index (χ2n) is 5.51. The molecule has 1 aliphatic heterocycles. The summed E-state index contributed by atoms with van der Waals surface area (Å²) in [6, 6.07) is 0.740. The van der Waals surface area contributed by atoms with Gasteiger partial charge in [-0.2, -0.15) is 11.8 Å². The lowest BCUT2D eigenvalue weighted by atomic mass is 10.1. The van der Waals surface area contributed by atoms with Gasteiger partial charge in [-0.3, -0.25) is 4.90 Å². The molecule has 0 bridgehead atoms. The van der Waals surface area contributed by atoms with Crippen LogP contribution in [0.1, 0.15) is 40.5 Å². The molecule has 1 heterocycles. The first-order valence-electron chi connectivity index (χ1n) is 7.23. The Kier molecular flexibility index (Phi) is 7.56. The summed E-state index contributed by atoms with van der Waals surface area (Å²) in [7, 11) is 0. The largest absolute Gasteiger partial charge is 0.315 e. The summed E-state index contributed by atoms with van der Waals surface area (Å²) in [5.74, 6) is 2.08. The predicted molar refractivity (Wildman–Crippen MR) is 79.9 cm³/mol. The summed E-state index contributed by atoms with van der Waals surface area (Å²) in [5, 5.41) is 4.48. The van der Waals surface area contributed by atoms with Gasteiger partial charge in [-0.25, -0.2) is 0 Å². The zero-order valence-electron chi connectivity index (χ0n) is 12.0. The lowest BCUT2D eigenvalue weighted by Crippen LogP contribution is -2.48. The van der Waals surface area contributed by atoms with Gasteiger partial charge in [0.05, 0.1) is 0 Å². The van der Waals surface area contributed by atoms with Crippen LogP contribution >= 0.6 is 11.8 Å². The Morgan fingerprint density at radius 3 is 2.65 bits per heavy atom. The average Bonchev–Trinajstić information content (AvgIpc) is 2.34. The lowest BCUT2D eigenvalue weighted by molar-refractivity contribution is 0.190. The normalized spacial score (nSPS) is 24.2. The van der Waals surface area contributed by atoms with Crippen molar-refractivity contribution in [3.05, 3.63) is 0 Å². The summed E-state index contributed by atoms with van der Waals surface area (Å²) < 4.78 is 0. The molecule has 0 amide bonds. The SMILES string of the molecule is CCC1CN(C(CC)CNCC(C)C)CCS1. The lowest BCUT2D eigenvalue weighted by Gasteiger charge is -2.37. The molecule has 0 spiro atoms. The Morgan fingerprint density at radius 1 is 1.29 bits per heavy atom. The van der Waals surface area contributed by atoms with Crippen molar-refractivity contribution in [2.45, 2.75) is 51.8 Å². The van der Waals surface area contributed by atoms with Crippen molar-refractivity contribution < 1.29 is 0 Å². The molecule has 0 radical (unpaired) electrons. The van der Waals surface area contributed by atoms with Crippen LogP contribution in [0.3, 0.4) is 0 Å². The van der Waals surface area contributed by atoms with E-state index in [1.54, 1.807) is 0 Å². The Bertz CT molecular complexity index is 197. The zero-order valence-corrected chi connectivity index (χ0v) is 12.9. The van der Waals surface area contributed by atoms with Gasteiger partial charge in [0, 0.05) is 36.7 Å². The Balaban J connectivity index is 2.32. The van der Waals surface area contributed by atoms with Gasteiger partial charge in [0.2, 0.25) is 0 Å². The van der Waals surface area contributed by atoms with Crippen LogP contribution in [-0.2, 0) is 0 Å².